The van der Waals surface area contributed by atoms with E-state index in [1.807, 2.05) is 54.0 Å². The highest BCUT2D eigenvalue weighted by atomic mass is 35.5. The molecule has 4 rings (SSSR count). The van der Waals surface area contributed by atoms with Crippen molar-refractivity contribution in [3.05, 3.63) is 94.3 Å². The van der Waals surface area contributed by atoms with Gasteiger partial charge in [0.2, 0.25) is 0 Å². The lowest BCUT2D eigenvalue weighted by atomic mass is 10.2. The maximum Gasteiger partial charge on any atom is 0.338 e. The van der Waals surface area contributed by atoms with Crippen molar-refractivity contribution in [3.63, 3.8) is 0 Å². The van der Waals surface area contributed by atoms with Crippen LogP contribution < -0.4 is 15.4 Å². The zero-order valence-corrected chi connectivity index (χ0v) is 23.3. The molecule has 39 heavy (non-hydrogen) atoms. The van der Waals surface area contributed by atoms with Crippen LogP contribution >= 0.6 is 23.4 Å². The number of anilines is 1. The Morgan fingerprint density at radius 2 is 1.85 bits per heavy atom. The van der Waals surface area contributed by atoms with Crippen molar-refractivity contribution >= 4 is 41.1 Å². The van der Waals surface area contributed by atoms with Gasteiger partial charge in [0.25, 0.3) is 0 Å². The van der Waals surface area contributed by atoms with Gasteiger partial charge in [-0.3, -0.25) is 4.57 Å². The zero-order chi connectivity index (χ0) is 27.8. The van der Waals surface area contributed by atoms with Crippen LogP contribution in [0.25, 0.3) is 5.69 Å². The van der Waals surface area contributed by atoms with Crippen LogP contribution in [-0.4, -0.2) is 40.5 Å². The molecule has 9 nitrogen and oxygen atoms in total. The number of aromatic nitrogens is 3. The van der Waals surface area contributed by atoms with Crippen LogP contribution in [0, 0.1) is 6.92 Å². The number of nitrogens with one attached hydrogen (secondary N) is 2. The van der Waals surface area contributed by atoms with Crippen molar-refractivity contribution in [1.29, 1.82) is 0 Å². The molecular formula is C28H28ClN5O4S. The van der Waals surface area contributed by atoms with Crippen LogP contribution in [0.4, 0.5) is 10.5 Å². The van der Waals surface area contributed by atoms with Crippen LogP contribution in [0.3, 0.4) is 0 Å². The molecule has 202 valence electrons. The Morgan fingerprint density at radius 3 is 2.59 bits per heavy atom. The van der Waals surface area contributed by atoms with Crippen LogP contribution in [0.5, 0.6) is 5.75 Å². The summed E-state index contributed by atoms with van der Waals surface area (Å²) in [5.41, 5.74) is 3.82. The number of aryl methyl sites for hydroxylation is 1. The molecule has 0 fully saturated rings. The lowest BCUT2D eigenvalue weighted by molar-refractivity contribution is 0.0526. The molecule has 0 aliphatic heterocycles. The molecular weight excluding hydrogens is 538 g/mol. The molecule has 11 heteroatoms. The van der Waals surface area contributed by atoms with Gasteiger partial charge in [-0.1, -0.05) is 41.6 Å². The number of urea groups is 1. The predicted octanol–water partition coefficient (Wildman–Crippen LogP) is 6.03. The van der Waals surface area contributed by atoms with Crippen LogP contribution in [-0.2, 0) is 17.0 Å². The average molecular weight is 566 g/mol. The molecule has 0 radical (unpaired) electrons. The average Bonchev–Trinajstić information content (AvgIpc) is 3.35. The van der Waals surface area contributed by atoms with E-state index in [9.17, 15) is 9.59 Å². The smallest absolute Gasteiger partial charge is 0.338 e. The normalized spacial score (nSPS) is 10.7. The maximum absolute atomic E-state index is 12.6. The summed E-state index contributed by atoms with van der Waals surface area (Å²) in [6.07, 6.45) is 0. The number of ether oxygens (including phenoxy) is 2. The summed E-state index contributed by atoms with van der Waals surface area (Å²) in [5.74, 6) is 1.56. The minimum atomic E-state index is -0.429. The number of esters is 1. The Bertz CT molecular complexity index is 1460. The van der Waals surface area contributed by atoms with Crippen LogP contribution in [0.2, 0.25) is 5.02 Å². The summed E-state index contributed by atoms with van der Waals surface area (Å²) >= 11 is 7.85. The molecule has 1 heterocycles. The number of rotatable bonds is 10. The van der Waals surface area contributed by atoms with Crippen LogP contribution in [0.15, 0.2) is 71.9 Å². The lowest BCUT2D eigenvalue weighted by Crippen LogP contribution is -2.29. The van der Waals surface area contributed by atoms with E-state index in [1.54, 1.807) is 38.3 Å². The zero-order valence-electron chi connectivity index (χ0n) is 21.7. The van der Waals surface area contributed by atoms with Crippen LogP contribution in [0.1, 0.15) is 34.2 Å². The number of hydrogen-bond acceptors (Lipinski definition) is 7. The molecule has 2 N–H and O–H groups in total. The van der Waals surface area contributed by atoms with Crippen molar-refractivity contribution in [2.45, 2.75) is 31.3 Å². The van der Waals surface area contributed by atoms with Crippen molar-refractivity contribution < 1.29 is 19.1 Å². The number of thioether (sulfide) groups is 1. The van der Waals surface area contributed by atoms with Crippen molar-refractivity contribution in [2.24, 2.45) is 0 Å². The SMILES string of the molecule is CCOC(=O)c1ccc(NC(=O)NCc2nnc(SCc3cccc(OC)c3)n2-c2cc(Cl)ccc2C)cc1. The van der Waals surface area contributed by atoms with E-state index in [0.29, 0.717) is 39.6 Å². The van der Waals surface area contributed by atoms with E-state index < -0.39 is 12.0 Å². The van der Waals surface area contributed by atoms with Gasteiger partial charge < -0.3 is 20.1 Å². The molecule has 0 atom stereocenters. The number of benzene rings is 3. The summed E-state index contributed by atoms with van der Waals surface area (Å²) in [7, 11) is 1.64. The first kappa shape index (κ1) is 28.0. The summed E-state index contributed by atoms with van der Waals surface area (Å²) in [6.45, 7) is 4.13. The molecule has 0 aliphatic rings. The fourth-order valence-corrected chi connectivity index (χ4v) is 4.80. The second-order valence-electron chi connectivity index (χ2n) is 8.41. The minimum absolute atomic E-state index is 0.116. The van der Waals surface area contributed by atoms with E-state index in [1.165, 1.54) is 11.8 Å². The summed E-state index contributed by atoms with van der Waals surface area (Å²) in [5, 5.41) is 15.6. The van der Waals surface area contributed by atoms with Gasteiger partial charge in [-0.2, -0.15) is 0 Å². The maximum atomic E-state index is 12.6. The second kappa shape index (κ2) is 13.2. The fraction of sp³-hybridized carbons (Fsp3) is 0.214. The van der Waals surface area contributed by atoms with Crippen molar-refractivity contribution in [3.8, 4) is 11.4 Å². The Labute approximate surface area is 235 Å². The quantitative estimate of drug-likeness (QED) is 0.178. The third-order valence-corrected chi connectivity index (χ3v) is 6.91. The minimum Gasteiger partial charge on any atom is -0.497 e. The highest BCUT2D eigenvalue weighted by Gasteiger charge is 2.18. The Kier molecular flexibility index (Phi) is 9.45. The monoisotopic (exact) mass is 565 g/mol. The Morgan fingerprint density at radius 1 is 1.05 bits per heavy atom. The first-order valence-electron chi connectivity index (χ1n) is 12.2. The Balaban J connectivity index is 1.49. The van der Waals surface area contributed by atoms with E-state index >= 15 is 0 Å². The third-order valence-electron chi connectivity index (χ3n) is 5.68. The molecule has 0 unspecified atom stereocenters. The first-order valence-corrected chi connectivity index (χ1v) is 13.5. The van der Waals surface area contributed by atoms with Crippen molar-refractivity contribution in [2.75, 3.05) is 19.0 Å². The molecule has 0 bridgehead atoms. The predicted molar refractivity (Wildman–Crippen MR) is 152 cm³/mol. The summed E-state index contributed by atoms with van der Waals surface area (Å²) in [4.78, 5) is 24.5. The molecule has 0 saturated carbocycles. The van der Waals surface area contributed by atoms with Crippen molar-refractivity contribution in [1.82, 2.24) is 20.1 Å². The van der Waals surface area contributed by atoms with Gasteiger partial charge >= 0.3 is 12.0 Å². The number of methoxy groups -OCH3 is 1. The standard InChI is InChI=1S/C28H28ClN5O4S/c1-4-38-26(35)20-9-12-22(13-10-20)31-27(36)30-16-25-32-33-28(34(25)24-15-21(29)11-8-18(24)2)39-17-19-6-5-7-23(14-19)37-3/h5-15H,4,16-17H2,1-3H3,(H2,30,31,36). The van der Waals surface area contributed by atoms with Gasteiger partial charge in [0, 0.05) is 16.5 Å². The summed E-state index contributed by atoms with van der Waals surface area (Å²) in [6, 6.07) is 19.5. The van der Waals surface area contributed by atoms with Gasteiger partial charge in [-0.25, -0.2) is 9.59 Å². The molecule has 1 aromatic heterocycles. The number of hydrogen-bond donors (Lipinski definition) is 2. The van der Waals surface area contributed by atoms with Gasteiger partial charge in [0.05, 0.1) is 31.5 Å². The van der Waals surface area contributed by atoms with Gasteiger partial charge in [-0.15, -0.1) is 10.2 Å². The molecule has 0 spiro atoms. The highest BCUT2D eigenvalue weighted by Crippen LogP contribution is 2.29. The fourth-order valence-electron chi connectivity index (χ4n) is 3.72. The molecule has 2 amide bonds. The summed E-state index contributed by atoms with van der Waals surface area (Å²) < 4.78 is 12.2. The number of nitrogens with zero attached hydrogens (tertiary/aromatic N) is 3. The first-order chi connectivity index (χ1) is 18.9. The number of carbonyl (C=O) groups is 2. The third kappa shape index (κ3) is 7.30. The molecule has 0 aliphatic carbocycles. The number of halogens is 1. The number of carbonyl (C=O) groups excluding carboxylic acids is 2. The molecule has 0 saturated heterocycles. The number of amides is 2. The second-order valence-corrected chi connectivity index (χ2v) is 9.79. The van der Waals surface area contributed by atoms with E-state index in [0.717, 1.165) is 22.6 Å². The van der Waals surface area contributed by atoms with E-state index in [4.69, 9.17) is 21.1 Å². The van der Waals surface area contributed by atoms with E-state index in [-0.39, 0.29) is 6.54 Å². The van der Waals surface area contributed by atoms with E-state index in [2.05, 4.69) is 20.8 Å². The lowest BCUT2D eigenvalue weighted by Gasteiger charge is -2.14. The molecule has 3 aromatic carbocycles. The van der Waals surface area contributed by atoms with Gasteiger partial charge in [-0.05, 0) is 73.5 Å². The van der Waals surface area contributed by atoms with Gasteiger partial charge in [0.1, 0.15) is 5.75 Å². The molecule has 4 aromatic rings. The van der Waals surface area contributed by atoms with Gasteiger partial charge in [0.15, 0.2) is 11.0 Å². The Hall–Kier alpha value is -4.02. The highest BCUT2D eigenvalue weighted by molar-refractivity contribution is 7.98. The topological polar surface area (TPSA) is 107 Å². The largest absolute Gasteiger partial charge is 0.497 e.